The van der Waals surface area contributed by atoms with Crippen LogP contribution in [0, 0.1) is 0 Å². The van der Waals surface area contributed by atoms with Gasteiger partial charge in [-0.25, -0.2) is 0 Å². The van der Waals surface area contributed by atoms with E-state index in [1.54, 1.807) is 0 Å². The summed E-state index contributed by atoms with van der Waals surface area (Å²) >= 11 is 0. The van der Waals surface area contributed by atoms with Crippen molar-refractivity contribution in [1.82, 2.24) is 5.32 Å². The Kier molecular flexibility index (Phi) is 4.57. The van der Waals surface area contributed by atoms with Gasteiger partial charge in [0.25, 0.3) is 0 Å². The SMILES string of the molecule is CCC(CO)NC1CCCCc2ccccc21. The van der Waals surface area contributed by atoms with E-state index < -0.39 is 0 Å². The number of aliphatic hydroxyl groups is 1. The van der Waals surface area contributed by atoms with Crippen LogP contribution < -0.4 is 5.32 Å². The number of rotatable bonds is 4. The van der Waals surface area contributed by atoms with Crippen molar-refractivity contribution in [3.05, 3.63) is 35.4 Å². The zero-order valence-corrected chi connectivity index (χ0v) is 10.7. The fourth-order valence-corrected chi connectivity index (χ4v) is 2.68. The Morgan fingerprint density at radius 1 is 1.35 bits per heavy atom. The Morgan fingerprint density at radius 2 is 2.18 bits per heavy atom. The summed E-state index contributed by atoms with van der Waals surface area (Å²) < 4.78 is 0. The molecule has 2 nitrogen and oxygen atoms in total. The van der Waals surface area contributed by atoms with Crippen molar-refractivity contribution in [2.24, 2.45) is 0 Å². The van der Waals surface area contributed by atoms with Crippen LogP contribution >= 0.6 is 0 Å². The lowest BCUT2D eigenvalue weighted by Gasteiger charge is -2.24. The first-order valence-electron chi connectivity index (χ1n) is 6.80. The predicted octanol–water partition coefficient (Wildman–Crippen LogP) is 2.81. The lowest BCUT2D eigenvalue weighted by Crippen LogP contribution is -2.35. The van der Waals surface area contributed by atoms with Gasteiger partial charge in [0.1, 0.15) is 0 Å². The third kappa shape index (κ3) is 3.08. The number of aliphatic hydroxyl groups excluding tert-OH is 1. The summed E-state index contributed by atoms with van der Waals surface area (Å²) in [5.41, 5.74) is 2.92. The molecule has 1 aromatic rings. The van der Waals surface area contributed by atoms with Crippen LogP contribution in [0.4, 0.5) is 0 Å². The topological polar surface area (TPSA) is 32.3 Å². The molecule has 0 fully saturated rings. The highest BCUT2D eigenvalue weighted by Gasteiger charge is 2.20. The summed E-state index contributed by atoms with van der Waals surface area (Å²) in [6.45, 7) is 2.35. The van der Waals surface area contributed by atoms with Gasteiger partial charge in [0, 0.05) is 12.1 Å². The summed E-state index contributed by atoms with van der Waals surface area (Å²) in [6, 6.07) is 9.39. The molecule has 2 heteroatoms. The minimum absolute atomic E-state index is 0.228. The van der Waals surface area contributed by atoms with E-state index in [-0.39, 0.29) is 12.6 Å². The molecule has 0 amide bonds. The van der Waals surface area contributed by atoms with Gasteiger partial charge in [-0.3, -0.25) is 0 Å². The zero-order valence-electron chi connectivity index (χ0n) is 10.7. The zero-order chi connectivity index (χ0) is 12.1. The van der Waals surface area contributed by atoms with Crippen LogP contribution in [0.3, 0.4) is 0 Å². The van der Waals surface area contributed by atoms with Gasteiger partial charge in [-0.1, -0.05) is 37.6 Å². The lowest BCUT2D eigenvalue weighted by molar-refractivity contribution is 0.225. The number of nitrogens with one attached hydrogen (secondary N) is 1. The van der Waals surface area contributed by atoms with E-state index >= 15 is 0 Å². The molecule has 0 aliphatic heterocycles. The van der Waals surface area contributed by atoms with Gasteiger partial charge >= 0.3 is 0 Å². The van der Waals surface area contributed by atoms with E-state index in [1.807, 2.05) is 0 Å². The van der Waals surface area contributed by atoms with E-state index in [4.69, 9.17) is 0 Å². The highest BCUT2D eigenvalue weighted by atomic mass is 16.3. The molecule has 0 aromatic heterocycles. The molecule has 94 valence electrons. The molecule has 2 rings (SSSR count). The molecule has 0 bridgehead atoms. The summed E-state index contributed by atoms with van der Waals surface area (Å²) in [4.78, 5) is 0. The van der Waals surface area contributed by atoms with Gasteiger partial charge in [-0.15, -0.1) is 0 Å². The third-order valence-electron chi connectivity index (χ3n) is 3.77. The molecule has 0 saturated heterocycles. The maximum Gasteiger partial charge on any atom is 0.0584 e. The normalized spacial score (nSPS) is 21.6. The summed E-state index contributed by atoms with van der Waals surface area (Å²) in [6.07, 6.45) is 5.92. The number of fused-ring (bicyclic) bond motifs is 1. The molecular weight excluding hydrogens is 210 g/mol. The predicted molar refractivity (Wildman–Crippen MR) is 71.0 cm³/mol. The molecule has 17 heavy (non-hydrogen) atoms. The first kappa shape index (κ1) is 12.6. The number of hydrogen-bond donors (Lipinski definition) is 2. The second-order valence-corrected chi connectivity index (χ2v) is 4.95. The maximum absolute atomic E-state index is 9.31. The fraction of sp³-hybridized carbons (Fsp3) is 0.600. The number of aryl methyl sites for hydroxylation is 1. The number of benzene rings is 1. The van der Waals surface area contributed by atoms with E-state index in [0.29, 0.717) is 6.04 Å². The van der Waals surface area contributed by atoms with E-state index in [0.717, 1.165) is 6.42 Å². The molecule has 2 unspecified atom stereocenters. The Morgan fingerprint density at radius 3 is 2.94 bits per heavy atom. The average molecular weight is 233 g/mol. The van der Waals surface area contributed by atoms with Gasteiger partial charge in [0.15, 0.2) is 0 Å². The Balaban J connectivity index is 2.16. The van der Waals surface area contributed by atoms with E-state index in [9.17, 15) is 5.11 Å². The molecule has 1 aromatic carbocycles. The van der Waals surface area contributed by atoms with Crippen LogP contribution in [-0.2, 0) is 6.42 Å². The van der Waals surface area contributed by atoms with Gasteiger partial charge in [0.2, 0.25) is 0 Å². The molecule has 0 spiro atoms. The maximum atomic E-state index is 9.31. The van der Waals surface area contributed by atoms with Crippen molar-refractivity contribution in [1.29, 1.82) is 0 Å². The third-order valence-corrected chi connectivity index (χ3v) is 3.77. The second-order valence-electron chi connectivity index (χ2n) is 4.95. The van der Waals surface area contributed by atoms with Gasteiger partial charge < -0.3 is 10.4 Å². The molecule has 1 aliphatic carbocycles. The van der Waals surface area contributed by atoms with Crippen LogP contribution in [-0.4, -0.2) is 17.8 Å². The van der Waals surface area contributed by atoms with Gasteiger partial charge in [-0.2, -0.15) is 0 Å². The standard InChI is InChI=1S/C15H23NO/c1-2-13(11-17)16-15-10-6-4-8-12-7-3-5-9-14(12)15/h3,5,7,9,13,15-17H,2,4,6,8,10-11H2,1H3. The highest BCUT2D eigenvalue weighted by Crippen LogP contribution is 2.28. The van der Waals surface area contributed by atoms with Crippen LogP contribution in [0.25, 0.3) is 0 Å². The fourth-order valence-electron chi connectivity index (χ4n) is 2.68. The van der Waals surface area contributed by atoms with Crippen molar-refractivity contribution in [3.63, 3.8) is 0 Å². The van der Waals surface area contributed by atoms with E-state index in [1.165, 1.54) is 36.8 Å². The van der Waals surface area contributed by atoms with Crippen molar-refractivity contribution in [3.8, 4) is 0 Å². The smallest absolute Gasteiger partial charge is 0.0584 e. The average Bonchev–Trinajstić information content (AvgIpc) is 2.58. The quantitative estimate of drug-likeness (QED) is 0.784. The highest BCUT2D eigenvalue weighted by molar-refractivity contribution is 5.31. The first-order chi connectivity index (χ1) is 8.35. The Bertz CT molecular complexity index is 347. The second kappa shape index (κ2) is 6.18. The van der Waals surface area contributed by atoms with Crippen LogP contribution in [0.1, 0.15) is 49.8 Å². The molecule has 1 aliphatic rings. The number of hydrogen-bond acceptors (Lipinski definition) is 2. The molecule has 2 N–H and O–H groups in total. The van der Waals surface area contributed by atoms with E-state index in [2.05, 4.69) is 36.5 Å². The lowest BCUT2D eigenvalue weighted by atomic mass is 9.98. The summed E-state index contributed by atoms with van der Waals surface area (Å²) in [5.74, 6) is 0. The largest absolute Gasteiger partial charge is 0.395 e. The van der Waals surface area contributed by atoms with Crippen molar-refractivity contribution >= 4 is 0 Å². The molecule has 2 atom stereocenters. The molecule has 0 saturated carbocycles. The minimum Gasteiger partial charge on any atom is -0.395 e. The van der Waals surface area contributed by atoms with Crippen LogP contribution in [0.5, 0.6) is 0 Å². The Labute approximate surface area is 104 Å². The van der Waals surface area contributed by atoms with Gasteiger partial charge in [0.05, 0.1) is 6.61 Å². The summed E-state index contributed by atoms with van der Waals surface area (Å²) in [5, 5.41) is 12.9. The first-order valence-corrected chi connectivity index (χ1v) is 6.80. The van der Waals surface area contributed by atoms with Crippen LogP contribution in [0.2, 0.25) is 0 Å². The van der Waals surface area contributed by atoms with Crippen LogP contribution in [0.15, 0.2) is 24.3 Å². The minimum atomic E-state index is 0.228. The van der Waals surface area contributed by atoms with Gasteiger partial charge in [-0.05, 0) is 36.8 Å². The summed E-state index contributed by atoms with van der Waals surface area (Å²) in [7, 11) is 0. The van der Waals surface area contributed by atoms with Crippen molar-refractivity contribution < 1.29 is 5.11 Å². The Hall–Kier alpha value is -0.860. The molecular formula is C15H23NO. The molecule has 0 heterocycles. The van der Waals surface area contributed by atoms with Crippen molar-refractivity contribution in [2.45, 2.75) is 51.1 Å². The monoisotopic (exact) mass is 233 g/mol. The van der Waals surface area contributed by atoms with Crippen molar-refractivity contribution in [2.75, 3.05) is 6.61 Å². The molecule has 0 radical (unpaired) electrons.